The van der Waals surface area contributed by atoms with Crippen LogP contribution in [0.5, 0.6) is 5.75 Å². The second-order valence-corrected chi connectivity index (χ2v) is 7.66. The predicted molar refractivity (Wildman–Crippen MR) is 117 cm³/mol. The molecule has 1 atom stereocenters. The van der Waals surface area contributed by atoms with Gasteiger partial charge in [-0.05, 0) is 50.2 Å². The van der Waals surface area contributed by atoms with E-state index < -0.39 is 5.82 Å². The summed E-state index contributed by atoms with van der Waals surface area (Å²) in [5, 5.41) is 3.69. The zero-order chi connectivity index (χ0) is 21.1. The van der Waals surface area contributed by atoms with Crippen molar-refractivity contribution in [3.63, 3.8) is 0 Å². The minimum Gasteiger partial charge on any atom is -0.494 e. The van der Waals surface area contributed by atoms with Crippen molar-refractivity contribution in [1.29, 1.82) is 0 Å². The highest BCUT2D eigenvalue weighted by molar-refractivity contribution is 5.79. The molecule has 2 heterocycles. The van der Waals surface area contributed by atoms with Gasteiger partial charge in [-0.15, -0.1) is 0 Å². The van der Waals surface area contributed by atoms with Crippen molar-refractivity contribution < 1.29 is 9.13 Å². The lowest BCUT2D eigenvalue weighted by atomic mass is 10.2. The Morgan fingerprint density at radius 3 is 2.87 bits per heavy atom. The molecule has 0 unspecified atom stereocenters. The van der Waals surface area contributed by atoms with Crippen LogP contribution in [-0.4, -0.2) is 42.3 Å². The Morgan fingerprint density at radius 1 is 1.27 bits per heavy atom. The van der Waals surface area contributed by atoms with Crippen LogP contribution in [0.2, 0.25) is 0 Å². The van der Waals surface area contributed by atoms with Crippen molar-refractivity contribution in [3.8, 4) is 11.4 Å². The average Bonchev–Trinajstić information content (AvgIpc) is 3.24. The minimum absolute atomic E-state index is 0.200. The number of benzene rings is 2. The van der Waals surface area contributed by atoms with Gasteiger partial charge in [-0.1, -0.05) is 13.3 Å². The van der Waals surface area contributed by atoms with Gasteiger partial charge in [0, 0.05) is 30.9 Å². The van der Waals surface area contributed by atoms with Crippen molar-refractivity contribution in [2.75, 3.05) is 31.6 Å². The summed E-state index contributed by atoms with van der Waals surface area (Å²) < 4.78 is 21.9. The number of ether oxygens (including phenoxy) is 1. The lowest BCUT2D eigenvalue weighted by molar-refractivity contribution is 0.310. The number of nitrogens with zero attached hydrogens (tertiary/aromatic N) is 3. The third-order valence-electron chi connectivity index (χ3n) is 5.65. The van der Waals surface area contributed by atoms with E-state index >= 15 is 0 Å². The van der Waals surface area contributed by atoms with Crippen LogP contribution < -0.4 is 20.5 Å². The van der Waals surface area contributed by atoms with Gasteiger partial charge in [0.2, 0.25) is 0 Å². The van der Waals surface area contributed by atoms with Crippen LogP contribution in [0, 0.1) is 5.82 Å². The zero-order valence-corrected chi connectivity index (χ0v) is 17.4. The Bertz CT molecular complexity index is 1100. The van der Waals surface area contributed by atoms with E-state index in [2.05, 4.69) is 22.1 Å². The minimum atomic E-state index is -0.442. The molecule has 1 aromatic heterocycles. The molecule has 0 bridgehead atoms. The SMILES string of the molecule is CCCCOc1ccc2c(=O)n(-c3ccc(N4CC[C@@H](NC)C4)cc3F)cnc2c1. The number of anilines is 1. The number of aromatic nitrogens is 2. The van der Waals surface area contributed by atoms with E-state index in [0.717, 1.165) is 38.0 Å². The molecule has 0 saturated carbocycles. The molecule has 4 rings (SSSR count). The van der Waals surface area contributed by atoms with Gasteiger partial charge in [-0.25, -0.2) is 9.37 Å². The van der Waals surface area contributed by atoms with Gasteiger partial charge in [0.25, 0.3) is 5.56 Å². The Balaban J connectivity index is 1.62. The van der Waals surface area contributed by atoms with Gasteiger partial charge in [0.1, 0.15) is 17.9 Å². The van der Waals surface area contributed by atoms with Crippen LogP contribution in [0.3, 0.4) is 0 Å². The molecule has 158 valence electrons. The molecule has 2 aromatic carbocycles. The van der Waals surface area contributed by atoms with Crippen molar-refractivity contribution in [1.82, 2.24) is 14.9 Å². The zero-order valence-electron chi connectivity index (χ0n) is 17.4. The number of likely N-dealkylation sites (N-methyl/N-ethyl adjacent to an activating group) is 1. The molecule has 3 aromatic rings. The van der Waals surface area contributed by atoms with E-state index in [0.29, 0.717) is 29.3 Å². The van der Waals surface area contributed by atoms with Crippen LogP contribution in [0.4, 0.5) is 10.1 Å². The maximum Gasteiger partial charge on any atom is 0.265 e. The van der Waals surface area contributed by atoms with Gasteiger partial charge < -0.3 is 15.0 Å². The molecule has 1 aliphatic rings. The second kappa shape index (κ2) is 8.83. The Morgan fingerprint density at radius 2 is 2.13 bits per heavy atom. The fourth-order valence-electron chi connectivity index (χ4n) is 3.82. The molecule has 1 saturated heterocycles. The summed E-state index contributed by atoms with van der Waals surface area (Å²) in [5.41, 5.74) is 1.26. The number of halogens is 1. The normalized spacial score (nSPS) is 16.4. The maximum atomic E-state index is 14.9. The molecule has 6 nitrogen and oxygen atoms in total. The Kier molecular flexibility index (Phi) is 5.99. The lowest BCUT2D eigenvalue weighted by Gasteiger charge is -2.19. The Labute approximate surface area is 175 Å². The van der Waals surface area contributed by atoms with Crippen molar-refractivity contribution >= 4 is 16.6 Å². The molecule has 1 fully saturated rings. The summed E-state index contributed by atoms with van der Waals surface area (Å²) in [6, 6.07) is 10.6. The number of nitrogens with one attached hydrogen (secondary N) is 1. The summed E-state index contributed by atoms with van der Waals surface area (Å²) in [6.45, 7) is 4.45. The molecular weight excluding hydrogens is 383 g/mol. The summed E-state index contributed by atoms with van der Waals surface area (Å²) in [7, 11) is 1.94. The smallest absolute Gasteiger partial charge is 0.265 e. The van der Waals surface area contributed by atoms with Gasteiger partial charge in [-0.2, -0.15) is 0 Å². The second-order valence-electron chi connectivity index (χ2n) is 7.66. The van der Waals surface area contributed by atoms with Gasteiger partial charge in [0.05, 0.1) is 23.2 Å². The number of unbranched alkanes of at least 4 members (excludes halogenated alkanes) is 1. The van der Waals surface area contributed by atoms with Gasteiger partial charge >= 0.3 is 0 Å². The van der Waals surface area contributed by atoms with E-state index in [1.54, 1.807) is 24.3 Å². The molecule has 1 N–H and O–H groups in total. The molecule has 1 aliphatic heterocycles. The van der Waals surface area contributed by atoms with Gasteiger partial charge in [0.15, 0.2) is 0 Å². The first-order chi connectivity index (χ1) is 14.6. The quantitative estimate of drug-likeness (QED) is 0.604. The number of hydrogen-bond acceptors (Lipinski definition) is 5. The van der Waals surface area contributed by atoms with Crippen LogP contribution in [0.25, 0.3) is 16.6 Å². The molecule has 7 heteroatoms. The third-order valence-corrected chi connectivity index (χ3v) is 5.65. The topological polar surface area (TPSA) is 59.4 Å². The van der Waals surface area contributed by atoms with E-state index in [4.69, 9.17) is 4.74 Å². The highest BCUT2D eigenvalue weighted by Crippen LogP contribution is 2.25. The fraction of sp³-hybridized carbons (Fsp3) is 0.391. The first kappa shape index (κ1) is 20.3. The summed E-state index contributed by atoms with van der Waals surface area (Å²) >= 11 is 0. The molecule has 0 spiro atoms. The van der Waals surface area contributed by atoms with Crippen LogP contribution in [0.1, 0.15) is 26.2 Å². The largest absolute Gasteiger partial charge is 0.494 e. The summed E-state index contributed by atoms with van der Waals surface area (Å²) in [4.78, 5) is 19.5. The van der Waals surface area contributed by atoms with Crippen LogP contribution in [0.15, 0.2) is 47.5 Å². The third kappa shape index (κ3) is 4.03. The standard InChI is InChI=1S/C23H27FN4O2/c1-3-4-11-30-18-6-7-19-21(13-18)26-15-28(23(19)29)22-8-5-17(12-20(22)24)27-10-9-16(14-27)25-2/h5-8,12-13,15-16,25H,3-4,9-11,14H2,1-2H3/t16-/m1/s1. The Hall–Kier alpha value is -2.93. The predicted octanol–water partition coefficient (Wildman–Crippen LogP) is 3.50. The first-order valence-corrected chi connectivity index (χ1v) is 10.5. The lowest BCUT2D eigenvalue weighted by Crippen LogP contribution is -2.29. The monoisotopic (exact) mass is 410 g/mol. The first-order valence-electron chi connectivity index (χ1n) is 10.5. The summed E-state index contributed by atoms with van der Waals surface area (Å²) in [5.74, 6) is 0.241. The van der Waals surface area contributed by atoms with Crippen molar-refractivity contribution in [2.24, 2.45) is 0 Å². The number of fused-ring (bicyclic) bond motifs is 1. The molecule has 0 radical (unpaired) electrons. The van der Waals surface area contributed by atoms with E-state index in [9.17, 15) is 9.18 Å². The maximum absolute atomic E-state index is 14.9. The van der Waals surface area contributed by atoms with E-state index in [1.807, 2.05) is 13.1 Å². The van der Waals surface area contributed by atoms with Crippen molar-refractivity contribution in [2.45, 2.75) is 32.2 Å². The number of hydrogen-bond donors (Lipinski definition) is 1. The highest BCUT2D eigenvalue weighted by atomic mass is 19.1. The van der Waals surface area contributed by atoms with E-state index in [1.165, 1.54) is 17.0 Å². The summed E-state index contributed by atoms with van der Waals surface area (Å²) in [6.07, 6.45) is 4.42. The highest BCUT2D eigenvalue weighted by Gasteiger charge is 2.22. The van der Waals surface area contributed by atoms with Crippen LogP contribution in [-0.2, 0) is 0 Å². The average molecular weight is 410 g/mol. The van der Waals surface area contributed by atoms with Gasteiger partial charge in [-0.3, -0.25) is 9.36 Å². The fourth-order valence-corrected chi connectivity index (χ4v) is 3.82. The number of rotatable bonds is 7. The molecule has 30 heavy (non-hydrogen) atoms. The van der Waals surface area contributed by atoms with Crippen molar-refractivity contribution in [3.05, 3.63) is 58.9 Å². The molecular formula is C23H27FN4O2. The van der Waals surface area contributed by atoms with Crippen LogP contribution >= 0.6 is 0 Å². The molecule has 0 amide bonds. The van der Waals surface area contributed by atoms with E-state index in [-0.39, 0.29) is 11.2 Å². The molecule has 0 aliphatic carbocycles.